The molecule has 172 valence electrons. The number of carbonyl (C=O) groups is 3. The second-order valence-corrected chi connectivity index (χ2v) is 8.97. The lowest BCUT2D eigenvalue weighted by atomic mass is 10.0. The minimum atomic E-state index is -0.750. The van der Waals surface area contributed by atoms with Crippen LogP contribution >= 0.6 is 23.2 Å². The zero-order chi connectivity index (χ0) is 24.7. The number of nitrogens with zero attached hydrogens (tertiary/aromatic N) is 2. The monoisotopic (exact) mass is 500 g/mol. The van der Waals surface area contributed by atoms with Crippen LogP contribution in [-0.4, -0.2) is 17.8 Å². The van der Waals surface area contributed by atoms with Crippen molar-refractivity contribution < 1.29 is 14.4 Å². The van der Waals surface area contributed by atoms with E-state index in [1.807, 2.05) is 37.3 Å². The van der Waals surface area contributed by atoms with E-state index >= 15 is 0 Å². The summed E-state index contributed by atoms with van der Waals surface area (Å²) in [6, 6.07) is 23.7. The van der Waals surface area contributed by atoms with Gasteiger partial charge in [0.05, 0.1) is 11.4 Å². The molecule has 0 saturated carbocycles. The summed E-state index contributed by atoms with van der Waals surface area (Å²) in [4.78, 5) is 43.1. The maximum absolute atomic E-state index is 13.7. The van der Waals surface area contributed by atoms with Gasteiger partial charge in [-0.3, -0.25) is 9.59 Å². The molecular formula is C28H18Cl2N2O3. The molecule has 35 heavy (non-hydrogen) atoms. The maximum Gasteiger partial charge on any atom is 0.343 e. The number of urea groups is 1. The average molecular weight is 501 g/mol. The molecular weight excluding hydrogens is 483 g/mol. The van der Waals surface area contributed by atoms with E-state index in [0.29, 0.717) is 27.3 Å². The molecule has 0 N–H and O–H groups in total. The first-order chi connectivity index (χ1) is 16.8. The largest absolute Gasteiger partial charge is 0.343 e. The van der Waals surface area contributed by atoms with Gasteiger partial charge < -0.3 is 0 Å². The predicted molar refractivity (Wildman–Crippen MR) is 140 cm³/mol. The van der Waals surface area contributed by atoms with Gasteiger partial charge in [-0.1, -0.05) is 83.4 Å². The summed E-state index contributed by atoms with van der Waals surface area (Å²) in [7, 11) is 0. The third kappa shape index (κ3) is 4.09. The quantitative estimate of drug-likeness (QED) is 0.224. The highest BCUT2D eigenvalue weighted by molar-refractivity contribution is 6.47. The minimum absolute atomic E-state index is 0.192. The van der Waals surface area contributed by atoms with Crippen molar-refractivity contribution in [2.75, 3.05) is 9.80 Å². The van der Waals surface area contributed by atoms with Crippen molar-refractivity contribution in [3.63, 3.8) is 0 Å². The van der Waals surface area contributed by atoms with E-state index in [4.69, 9.17) is 23.2 Å². The second-order valence-electron chi connectivity index (χ2n) is 8.12. The van der Waals surface area contributed by atoms with Crippen molar-refractivity contribution in [3.05, 3.63) is 112 Å². The molecule has 7 heteroatoms. The van der Waals surface area contributed by atoms with Gasteiger partial charge in [-0.05, 0) is 54.3 Å². The fourth-order valence-corrected chi connectivity index (χ4v) is 4.50. The Labute approximate surface area is 211 Å². The van der Waals surface area contributed by atoms with Crippen LogP contribution in [0.15, 0.2) is 90.5 Å². The Morgan fingerprint density at radius 2 is 1.43 bits per heavy atom. The number of fused-ring (bicyclic) bond motifs is 1. The molecule has 5 nitrogen and oxygen atoms in total. The molecule has 0 spiro atoms. The van der Waals surface area contributed by atoms with E-state index in [9.17, 15) is 14.4 Å². The molecule has 4 aromatic carbocycles. The number of barbiturate groups is 1. The summed E-state index contributed by atoms with van der Waals surface area (Å²) in [6.45, 7) is 1.91. The number of carbonyl (C=O) groups excluding carboxylic acids is 3. The lowest BCUT2D eigenvalue weighted by molar-refractivity contribution is -0.121. The van der Waals surface area contributed by atoms with E-state index in [2.05, 4.69) is 0 Å². The number of halogens is 2. The van der Waals surface area contributed by atoms with Crippen LogP contribution in [0.25, 0.3) is 16.8 Å². The van der Waals surface area contributed by atoms with Gasteiger partial charge in [0.1, 0.15) is 5.57 Å². The van der Waals surface area contributed by atoms with E-state index in [0.717, 1.165) is 20.7 Å². The molecule has 1 saturated heterocycles. The van der Waals surface area contributed by atoms with Crippen LogP contribution in [0.1, 0.15) is 11.1 Å². The number of hydrogen-bond donors (Lipinski definition) is 0. The summed E-state index contributed by atoms with van der Waals surface area (Å²) in [5, 5.41) is 2.27. The fraction of sp³-hybridized carbons (Fsp3) is 0.0357. The van der Waals surface area contributed by atoms with Crippen molar-refractivity contribution in [1.29, 1.82) is 0 Å². The van der Waals surface area contributed by atoms with Crippen LogP contribution < -0.4 is 9.80 Å². The van der Waals surface area contributed by atoms with Crippen molar-refractivity contribution in [2.45, 2.75) is 6.92 Å². The summed E-state index contributed by atoms with van der Waals surface area (Å²) < 4.78 is 0. The van der Waals surface area contributed by atoms with Gasteiger partial charge >= 0.3 is 6.03 Å². The third-order valence-corrected chi connectivity index (χ3v) is 6.37. The normalized spacial score (nSPS) is 15.4. The van der Waals surface area contributed by atoms with Gasteiger partial charge in [0, 0.05) is 15.4 Å². The van der Waals surface area contributed by atoms with Gasteiger partial charge in [-0.2, -0.15) is 0 Å². The number of anilines is 2. The zero-order valence-electron chi connectivity index (χ0n) is 18.5. The standard InChI is InChI=1S/C28H18Cl2N2O3/c1-17-9-13-21(14-10-17)31-26(33)23(15-19-11-12-20(29)16-24(19)30)27(34)32(28(31)35)25-8-4-6-18-5-2-3-7-22(18)25/h2-16H,1H3/b23-15+. The van der Waals surface area contributed by atoms with Gasteiger partial charge in [-0.15, -0.1) is 0 Å². The van der Waals surface area contributed by atoms with Crippen molar-refractivity contribution >= 4 is 69.3 Å². The SMILES string of the molecule is Cc1ccc(N2C(=O)/C(=C\c3ccc(Cl)cc3Cl)C(=O)N(c3cccc4ccccc34)C2=O)cc1. The Morgan fingerprint density at radius 3 is 2.17 bits per heavy atom. The minimum Gasteiger partial charge on any atom is -0.268 e. The molecule has 0 aliphatic carbocycles. The van der Waals surface area contributed by atoms with Crippen LogP contribution in [0.2, 0.25) is 10.0 Å². The molecule has 0 atom stereocenters. The van der Waals surface area contributed by atoms with Crippen molar-refractivity contribution in [3.8, 4) is 0 Å². The van der Waals surface area contributed by atoms with Crippen LogP contribution in [0.4, 0.5) is 16.2 Å². The number of hydrogen-bond acceptors (Lipinski definition) is 3. The zero-order valence-corrected chi connectivity index (χ0v) is 20.0. The van der Waals surface area contributed by atoms with E-state index in [1.54, 1.807) is 48.5 Å². The van der Waals surface area contributed by atoms with Crippen LogP contribution in [0.3, 0.4) is 0 Å². The Kier molecular flexibility index (Phi) is 5.89. The van der Waals surface area contributed by atoms with Crippen LogP contribution in [-0.2, 0) is 9.59 Å². The Balaban J connectivity index is 1.72. The molecule has 4 amide bonds. The molecule has 4 aromatic rings. The molecule has 0 bridgehead atoms. The number of imide groups is 2. The highest BCUT2D eigenvalue weighted by Crippen LogP contribution is 2.34. The Bertz CT molecular complexity index is 1540. The molecule has 1 fully saturated rings. The fourth-order valence-electron chi connectivity index (χ4n) is 4.04. The Morgan fingerprint density at radius 1 is 0.743 bits per heavy atom. The average Bonchev–Trinajstić information content (AvgIpc) is 2.84. The molecule has 0 radical (unpaired) electrons. The summed E-state index contributed by atoms with van der Waals surface area (Å²) in [5.41, 5.74) is 1.95. The number of benzene rings is 4. The van der Waals surface area contributed by atoms with Gasteiger partial charge in [-0.25, -0.2) is 14.6 Å². The summed E-state index contributed by atoms with van der Waals surface area (Å²) in [5.74, 6) is -1.46. The smallest absolute Gasteiger partial charge is 0.268 e. The first kappa shape index (κ1) is 22.8. The van der Waals surface area contributed by atoms with Gasteiger partial charge in [0.15, 0.2) is 0 Å². The predicted octanol–water partition coefficient (Wildman–Crippen LogP) is 7.04. The molecule has 0 unspecified atom stereocenters. The lowest BCUT2D eigenvalue weighted by Gasteiger charge is -2.34. The van der Waals surface area contributed by atoms with Crippen LogP contribution in [0.5, 0.6) is 0 Å². The highest BCUT2D eigenvalue weighted by Gasteiger charge is 2.44. The molecule has 1 aliphatic rings. The number of rotatable bonds is 3. The van der Waals surface area contributed by atoms with Crippen molar-refractivity contribution in [1.82, 2.24) is 0 Å². The number of amides is 4. The topological polar surface area (TPSA) is 57.7 Å². The highest BCUT2D eigenvalue weighted by atomic mass is 35.5. The second kappa shape index (κ2) is 9.02. The number of aryl methyl sites for hydroxylation is 1. The van der Waals surface area contributed by atoms with Gasteiger partial charge in [0.25, 0.3) is 11.8 Å². The maximum atomic E-state index is 13.7. The van der Waals surface area contributed by atoms with Crippen LogP contribution in [0, 0.1) is 6.92 Å². The third-order valence-electron chi connectivity index (χ3n) is 5.81. The first-order valence-corrected chi connectivity index (χ1v) is 11.5. The van der Waals surface area contributed by atoms with Crippen molar-refractivity contribution in [2.24, 2.45) is 0 Å². The first-order valence-electron chi connectivity index (χ1n) is 10.8. The van der Waals surface area contributed by atoms with E-state index in [1.165, 1.54) is 12.1 Å². The van der Waals surface area contributed by atoms with E-state index < -0.39 is 17.8 Å². The summed E-state index contributed by atoms with van der Waals surface area (Å²) >= 11 is 12.3. The Hall–Kier alpha value is -3.93. The van der Waals surface area contributed by atoms with Gasteiger partial charge in [0.2, 0.25) is 0 Å². The molecule has 1 aliphatic heterocycles. The molecule has 0 aromatic heterocycles. The van der Waals surface area contributed by atoms with E-state index in [-0.39, 0.29) is 10.6 Å². The lowest BCUT2D eigenvalue weighted by Crippen LogP contribution is -2.57. The summed E-state index contributed by atoms with van der Waals surface area (Å²) in [6.07, 6.45) is 1.40. The molecule has 5 rings (SSSR count). The molecule has 1 heterocycles.